The molecule has 0 aromatic rings. The van der Waals surface area contributed by atoms with Gasteiger partial charge in [-0.2, -0.15) is 5.26 Å². The predicted molar refractivity (Wildman–Crippen MR) is 67.0 cm³/mol. The number of aliphatic hydroxyl groups excluding tert-OH is 1. The standard InChI is InChI=1S/C13H26N2O/c1-5-13(6-2,11-16)15-9-7-8-12(3,4)10-14/h15-16H,5-9,11H2,1-4H3. The lowest BCUT2D eigenvalue weighted by Crippen LogP contribution is -2.48. The summed E-state index contributed by atoms with van der Waals surface area (Å²) >= 11 is 0. The van der Waals surface area contributed by atoms with Crippen molar-refractivity contribution in [3.63, 3.8) is 0 Å². The Balaban J connectivity index is 3.94. The zero-order valence-electron chi connectivity index (χ0n) is 11.1. The zero-order chi connectivity index (χ0) is 12.7. The predicted octanol–water partition coefficient (Wildman–Crippen LogP) is 2.46. The summed E-state index contributed by atoms with van der Waals surface area (Å²) in [5.74, 6) is 0. The minimum Gasteiger partial charge on any atom is -0.394 e. The van der Waals surface area contributed by atoms with Gasteiger partial charge in [0.1, 0.15) is 0 Å². The molecule has 3 nitrogen and oxygen atoms in total. The lowest BCUT2D eigenvalue weighted by Gasteiger charge is -2.31. The lowest BCUT2D eigenvalue weighted by atomic mass is 9.89. The molecule has 0 rings (SSSR count). The molecule has 0 heterocycles. The van der Waals surface area contributed by atoms with Crippen LogP contribution in [0, 0.1) is 16.7 Å². The van der Waals surface area contributed by atoms with Gasteiger partial charge < -0.3 is 10.4 Å². The highest BCUT2D eigenvalue weighted by Gasteiger charge is 2.24. The number of hydrogen-bond acceptors (Lipinski definition) is 3. The minimum absolute atomic E-state index is 0.128. The van der Waals surface area contributed by atoms with E-state index >= 15 is 0 Å². The Morgan fingerprint density at radius 3 is 2.19 bits per heavy atom. The van der Waals surface area contributed by atoms with Gasteiger partial charge in [-0.15, -0.1) is 0 Å². The van der Waals surface area contributed by atoms with E-state index < -0.39 is 0 Å². The topological polar surface area (TPSA) is 56.0 Å². The lowest BCUT2D eigenvalue weighted by molar-refractivity contribution is 0.150. The van der Waals surface area contributed by atoms with Gasteiger partial charge in [-0.3, -0.25) is 0 Å². The molecule has 0 unspecified atom stereocenters. The maximum Gasteiger partial charge on any atom is 0.0683 e. The third kappa shape index (κ3) is 4.96. The van der Waals surface area contributed by atoms with Gasteiger partial charge in [0.25, 0.3) is 0 Å². The van der Waals surface area contributed by atoms with Crippen LogP contribution in [0.3, 0.4) is 0 Å². The molecule has 94 valence electrons. The van der Waals surface area contributed by atoms with E-state index in [1.807, 2.05) is 13.8 Å². The molecular formula is C13H26N2O. The molecule has 16 heavy (non-hydrogen) atoms. The van der Waals surface area contributed by atoms with Crippen molar-refractivity contribution in [1.29, 1.82) is 5.26 Å². The van der Waals surface area contributed by atoms with Crippen LogP contribution in [0.25, 0.3) is 0 Å². The summed E-state index contributed by atoms with van der Waals surface area (Å²) in [7, 11) is 0. The summed E-state index contributed by atoms with van der Waals surface area (Å²) in [6.07, 6.45) is 3.73. The van der Waals surface area contributed by atoms with Gasteiger partial charge in [-0.05, 0) is 46.1 Å². The molecule has 0 aliphatic rings. The molecule has 0 radical (unpaired) electrons. The van der Waals surface area contributed by atoms with Crippen molar-refractivity contribution in [3.05, 3.63) is 0 Å². The van der Waals surface area contributed by atoms with Crippen LogP contribution in [-0.4, -0.2) is 23.8 Å². The molecule has 0 fully saturated rings. The second-order valence-corrected chi connectivity index (χ2v) is 5.17. The second-order valence-electron chi connectivity index (χ2n) is 5.17. The average Bonchev–Trinajstić information content (AvgIpc) is 2.30. The average molecular weight is 226 g/mol. The molecule has 3 heteroatoms. The molecule has 0 aliphatic carbocycles. The van der Waals surface area contributed by atoms with Crippen LogP contribution < -0.4 is 5.32 Å². The Morgan fingerprint density at radius 2 is 1.81 bits per heavy atom. The Hall–Kier alpha value is -0.590. The van der Waals surface area contributed by atoms with Crippen molar-refractivity contribution in [3.8, 4) is 6.07 Å². The monoisotopic (exact) mass is 226 g/mol. The van der Waals surface area contributed by atoms with E-state index in [-0.39, 0.29) is 17.6 Å². The summed E-state index contributed by atoms with van der Waals surface area (Å²) in [5, 5.41) is 21.7. The molecule has 0 aromatic heterocycles. The molecule has 0 bridgehead atoms. The normalized spacial score (nSPS) is 12.5. The summed E-state index contributed by atoms with van der Waals surface area (Å²) in [4.78, 5) is 0. The SMILES string of the molecule is CCC(CC)(CO)NCCCC(C)(C)C#N. The summed E-state index contributed by atoms with van der Waals surface area (Å²) < 4.78 is 0. The first-order valence-electron chi connectivity index (χ1n) is 6.22. The van der Waals surface area contributed by atoms with Crippen LogP contribution in [0.15, 0.2) is 0 Å². The van der Waals surface area contributed by atoms with Crippen LogP contribution in [0.1, 0.15) is 53.4 Å². The smallest absolute Gasteiger partial charge is 0.0683 e. The first kappa shape index (κ1) is 15.4. The van der Waals surface area contributed by atoms with E-state index in [0.29, 0.717) is 0 Å². The van der Waals surface area contributed by atoms with Gasteiger partial charge in [0.15, 0.2) is 0 Å². The van der Waals surface area contributed by atoms with E-state index in [9.17, 15) is 5.11 Å². The molecule has 0 aliphatic heterocycles. The fraction of sp³-hybridized carbons (Fsp3) is 0.923. The van der Waals surface area contributed by atoms with Crippen LogP contribution in [-0.2, 0) is 0 Å². The fourth-order valence-electron chi connectivity index (χ4n) is 1.72. The number of nitriles is 1. The van der Waals surface area contributed by atoms with E-state index in [1.165, 1.54) is 0 Å². The van der Waals surface area contributed by atoms with E-state index in [2.05, 4.69) is 25.2 Å². The minimum atomic E-state index is -0.234. The number of hydrogen-bond donors (Lipinski definition) is 2. The summed E-state index contributed by atoms with van der Waals surface area (Å²) in [6.45, 7) is 9.16. The Kier molecular flexibility index (Phi) is 6.62. The maximum atomic E-state index is 9.37. The Labute approximate surface area is 99.9 Å². The Morgan fingerprint density at radius 1 is 1.25 bits per heavy atom. The molecule has 2 N–H and O–H groups in total. The number of nitrogens with one attached hydrogen (secondary N) is 1. The molecule has 0 atom stereocenters. The van der Waals surface area contributed by atoms with Gasteiger partial charge in [0.05, 0.1) is 18.1 Å². The highest BCUT2D eigenvalue weighted by molar-refractivity contribution is 4.92. The fourth-order valence-corrected chi connectivity index (χ4v) is 1.72. The highest BCUT2D eigenvalue weighted by Crippen LogP contribution is 2.21. The molecule has 0 saturated heterocycles. The van der Waals surface area contributed by atoms with Crippen LogP contribution in [0.4, 0.5) is 0 Å². The van der Waals surface area contributed by atoms with Gasteiger partial charge in [0, 0.05) is 5.54 Å². The van der Waals surface area contributed by atoms with E-state index in [1.54, 1.807) is 0 Å². The first-order valence-corrected chi connectivity index (χ1v) is 6.22. The summed E-state index contributed by atoms with van der Waals surface area (Å²) in [5.41, 5.74) is -0.362. The Bertz CT molecular complexity index is 218. The van der Waals surface area contributed by atoms with E-state index in [0.717, 1.165) is 32.2 Å². The van der Waals surface area contributed by atoms with Crippen molar-refractivity contribution in [2.45, 2.75) is 58.9 Å². The van der Waals surface area contributed by atoms with Crippen molar-refractivity contribution in [1.82, 2.24) is 5.32 Å². The van der Waals surface area contributed by atoms with Crippen molar-refractivity contribution < 1.29 is 5.11 Å². The molecular weight excluding hydrogens is 200 g/mol. The van der Waals surface area contributed by atoms with Gasteiger partial charge >= 0.3 is 0 Å². The van der Waals surface area contributed by atoms with Gasteiger partial charge in [0.2, 0.25) is 0 Å². The van der Waals surface area contributed by atoms with Crippen molar-refractivity contribution in [2.24, 2.45) is 5.41 Å². The third-order valence-electron chi connectivity index (χ3n) is 3.44. The molecule has 0 saturated carbocycles. The van der Waals surface area contributed by atoms with Crippen molar-refractivity contribution >= 4 is 0 Å². The maximum absolute atomic E-state index is 9.37. The third-order valence-corrected chi connectivity index (χ3v) is 3.44. The van der Waals surface area contributed by atoms with Gasteiger partial charge in [-0.1, -0.05) is 13.8 Å². The summed E-state index contributed by atoms with van der Waals surface area (Å²) in [6, 6.07) is 2.30. The van der Waals surface area contributed by atoms with Crippen LogP contribution in [0.5, 0.6) is 0 Å². The van der Waals surface area contributed by atoms with Gasteiger partial charge in [-0.25, -0.2) is 0 Å². The molecule has 0 spiro atoms. The van der Waals surface area contributed by atoms with E-state index in [4.69, 9.17) is 5.26 Å². The number of aliphatic hydroxyl groups is 1. The second kappa shape index (κ2) is 6.88. The first-order chi connectivity index (χ1) is 7.45. The molecule has 0 aromatic carbocycles. The van der Waals surface area contributed by atoms with Crippen LogP contribution in [0.2, 0.25) is 0 Å². The van der Waals surface area contributed by atoms with Crippen molar-refractivity contribution in [2.75, 3.05) is 13.2 Å². The largest absolute Gasteiger partial charge is 0.394 e. The van der Waals surface area contributed by atoms with Crippen LogP contribution >= 0.6 is 0 Å². The molecule has 0 amide bonds. The number of rotatable bonds is 8. The zero-order valence-corrected chi connectivity index (χ0v) is 11.1. The highest BCUT2D eigenvalue weighted by atomic mass is 16.3. The quantitative estimate of drug-likeness (QED) is 0.625. The number of nitrogens with zero attached hydrogens (tertiary/aromatic N) is 1.